The number of aromatic hydroxyl groups is 1. The molecule has 13 N–H and O–H groups in total. The Hall–Kier alpha value is -5.19. The number of nitrogens with two attached hydrogens (primary N) is 3. The minimum atomic E-state index is -1.46. The molecule has 1 aromatic carbocycles. The zero-order chi connectivity index (χ0) is 31.2. The van der Waals surface area contributed by atoms with Crippen LogP contribution in [0, 0.1) is 0 Å². The number of carbonyl (C=O) groups is 5. The van der Waals surface area contributed by atoms with E-state index in [1.165, 1.54) is 36.8 Å². The molecule has 0 spiro atoms. The van der Waals surface area contributed by atoms with Gasteiger partial charge in [-0.25, -0.2) is 9.78 Å². The summed E-state index contributed by atoms with van der Waals surface area (Å²) in [6, 6.07) is 0.331. The molecule has 228 valence electrons. The Labute approximate surface area is 240 Å². The number of phenols is 1. The molecule has 0 aliphatic carbocycles. The Morgan fingerprint density at radius 2 is 1.50 bits per heavy atom. The molecule has 2 rings (SSSR count). The highest BCUT2D eigenvalue weighted by atomic mass is 16.4. The lowest BCUT2D eigenvalue weighted by Crippen LogP contribution is -2.58. The number of benzene rings is 1. The van der Waals surface area contributed by atoms with E-state index < -0.39 is 60.2 Å². The second-order valence-electron chi connectivity index (χ2n) is 9.33. The number of nitrogens with zero attached hydrogens (tertiary/aromatic N) is 2. The largest absolute Gasteiger partial charge is 0.508 e. The number of aliphatic carboxylic acids is 2. The van der Waals surface area contributed by atoms with Crippen LogP contribution in [0.3, 0.4) is 0 Å². The number of carbonyl (C=O) groups excluding carboxylic acids is 3. The van der Waals surface area contributed by atoms with Crippen molar-refractivity contribution in [1.82, 2.24) is 25.9 Å². The predicted molar refractivity (Wildman–Crippen MR) is 148 cm³/mol. The number of guanidine groups is 1. The van der Waals surface area contributed by atoms with Gasteiger partial charge in [0.05, 0.1) is 18.8 Å². The summed E-state index contributed by atoms with van der Waals surface area (Å²) in [5.74, 6) is -5.41. The smallest absolute Gasteiger partial charge is 0.326 e. The summed E-state index contributed by atoms with van der Waals surface area (Å²) >= 11 is 0. The number of nitrogens with one attached hydrogen (secondary N) is 4. The van der Waals surface area contributed by atoms with Crippen molar-refractivity contribution in [3.05, 3.63) is 48.0 Å². The summed E-state index contributed by atoms with van der Waals surface area (Å²) in [7, 11) is 0. The molecule has 17 heteroatoms. The van der Waals surface area contributed by atoms with Crippen LogP contribution >= 0.6 is 0 Å². The lowest BCUT2D eigenvalue weighted by atomic mass is 10.0. The second-order valence-corrected chi connectivity index (χ2v) is 9.33. The van der Waals surface area contributed by atoms with Gasteiger partial charge in [-0.1, -0.05) is 12.1 Å². The van der Waals surface area contributed by atoms with E-state index in [0.29, 0.717) is 11.3 Å². The van der Waals surface area contributed by atoms with Crippen LogP contribution in [0.2, 0.25) is 0 Å². The number of carboxylic acid groups (broad SMARTS) is 2. The van der Waals surface area contributed by atoms with Crippen molar-refractivity contribution in [2.45, 2.75) is 56.3 Å². The van der Waals surface area contributed by atoms with Crippen molar-refractivity contribution in [1.29, 1.82) is 0 Å². The quantitative estimate of drug-likeness (QED) is 0.0512. The second kappa shape index (κ2) is 16.2. The molecule has 3 amide bonds. The first-order valence-corrected chi connectivity index (χ1v) is 12.8. The SMILES string of the molecule is NC(N)=NCCCC(NC(=O)C(Cc1cnc[nH]1)NC(=O)C(Cc1ccc(O)cc1)NC(=O)C(N)CC(=O)O)C(=O)O. The topological polar surface area (TPSA) is 301 Å². The molecular formula is C25H35N9O8. The van der Waals surface area contributed by atoms with Crippen molar-refractivity contribution in [3.63, 3.8) is 0 Å². The third-order valence-corrected chi connectivity index (χ3v) is 5.91. The molecule has 0 fully saturated rings. The van der Waals surface area contributed by atoms with E-state index >= 15 is 0 Å². The summed E-state index contributed by atoms with van der Waals surface area (Å²) in [5, 5.41) is 35.5. The van der Waals surface area contributed by atoms with Gasteiger partial charge in [-0.15, -0.1) is 0 Å². The van der Waals surface area contributed by atoms with E-state index in [4.69, 9.17) is 22.3 Å². The van der Waals surface area contributed by atoms with Crippen molar-refractivity contribution < 1.29 is 39.3 Å². The van der Waals surface area contributed by atoms with Crippen LogP contribution in [-0.4, -0.2) is 91.6 Å². The molecule has 2 aromatic rings. The predicted octanol–water partition coefficient (Wildman–Crippen LogP) is -2.70. The van der Waals surface area contributed by atoms with Crippen LogP contribution < -0.4 is 33.2 Å². The number of amides is 3. The summed E-state index contributed by atoms with van der Waals surface area (Å²) in [5.41, 5.74) is 17.2. The molecule has 4 unspecified atom stereocenters. The van der Waals surface area contributed by atoms with E-state index in [9.17, 15) is 34.2 Å². The lowest BCUT2D eigenvalue weighted by molar-refractivity contribution is -0.142. The number of imidazole rings is 1. The van der Waals surface area contributed by atoms with Gasteiger partial charge >= 0.3 is 11.9 Å². The first kappa shape index (κ1) is 33.0. The Morgan fingerprint density at radius 3 is 2.05 bits per heavy atom. The maximum absolute atomic E-state index is 13.4. The van der Waals surface area contributed by atoms with Crippen LogP contribution in [-0.2, 0) is 36.8 Å². The van der Waals surface area contributed by atoms with E-state index in [-0.39, 0.29) is 43.9 Å². The number of H-pyrrole nitrogens is 1. The van der Waals surface area contributed by atoms with E-state index in [1.807, 2.05) is 0 Å². The molecule has 1 heterocycles. The Bertz CT molecular complexity index is 1250. The molecule has 1 aromatic heterocycles. The van der Waals surface area contributed by atoms with E-state index in [0.717, 1.165) is 0 Å². The number of carboxylic acids is 2. The van der Waals surface area contributed by atoms with Gasteiger partial charge in [-0.2, -0.15) is 0 Å². The molecule has 0 bridgehead atoms. The van der Waals surface area contributed by atoms with Crippen LogP contribution in [0.5, 0.6) is 5.75 Å². The minimum absolute atomic E-state index is 0.0103. The third-order valence-electron chi connectivity index (χ3n) is 5.91. The number of aromatic amines is 1. The normalized spacial score (nSPS) is 13.5. The number of aromatic nitrogens is 2. The molecule has 0 aliphatic heterocycles. The van der Waals surface area contributed by atoms with Crippen LogP contribution in [0.15, 0.2) is 41.8 Å². The Balaban J connectivity index is 2.26. The first-order chi connectivity index (χ1) is 19.8. The fourth-order valence-corrected chi connectivity index (χ4v) is 3.77. The monoisotopic (exact) mass is 589 g/mol. The summed E-state index contributed by atoms with van der Waals surface area (Å²) in [4.78, 5) is 72.5. The highest BCUT2D eigenvalue weighted by Gasteiger charge is 2.31. The van der Waals surface area contributed by atoms with Gasteiger partial charge in [0.2, 0.25) is 17.7 Å². The number of phenolic OH excluding ortho intramolecular Hbond substituents is 1. The van der Waals surface area contributed by atoms with Crippen molar-refractivity contribution >= 4 is 35.6 Å². The van der Waals surface area contributed by atoms with Gasteiger partial charge in [-0.3, -0.25) is 24.2 Å². The Kier molecular flexibility index (Phi) is 12.7. The third kappa shape index (κ3) is 11.5. The molecule has 17 nitrogen and oxygen atoms in total. The summed E-state index contributed by atoms with van der Waals surface area (Å²) in [6.45, 7) is 0.138. The lowest BCUT2D eigenvalue weighted by Gasteiger charge is -2.25. The molecule has 0 saturated carbocycles. The van der Waals surface area contributed by atoms with E-state index in [2.05, 4.69) is 30.9 Å². The van der Waals surface area contributed by atoms with Crippen molar-refractivity contribution in [3.8, 4) is 5.75 Å². The number of rotatable bonds is 17. The van der Waals surface area contributed by atoms with Crippen LogP contribution in [0.4, 0.5) is 0 Å². The molecule has 42 heavy (non-hydrogen) atoms. The average molecular weight is 590 g/mol. The number of hydrogen-bond acceptors (Lipinski definition) is 9. The zero-order valence-corrected chi connectivity index (χ0v) is 22.5. The van der Waals surface area contributed by atoms with Crippen LogP contribution in [0.25, 0.3) is 0 Å². The fourth-order valence-electron chi connectivity index (χ4n) is 3.77. The molecule has 0 saturated heterocycles. The standard InChI is InChI=1S/C25H35N9O8/c26-16(10-20(36)37)21(38)33-18(8-13-3-5-15(35)6-4-13)22(39)34-19(9-14-11-29-12-31-14)23(40)32-17(24(41)42)2-1-7-30-25(27)28/h3-6,11-12,16-19,35H,1-2,7-10,26H2,(H,29,31)(H,32,40)(H,33,38)(H,34,39)(H,36,37)(H,41,42)(H4,27,28,30). The zero-order valence-electron chi connectivity index (χ0n) is 22.5. The van der Waals surface area contributed by atoms with Gasteiger partial charge < -0.3 is 53.5 Å². The van der Waals surface area contributed by atoms with E-state index in [1.54, 1.807) is 0 Å². The molecule has 4 atom stereocenters. The summed E-state index contributed by atoms with van der Waals surface area (Å²) in [6.07, 6.45) is 2.08. The average Bonchev–Trinajstić information content (AvgIpc) is 3.43. The van der Waals surface area contributed by atoms with Crippen LogP contribution in [0.1, 0.15) is 30.5 Å². The van der Waals surface area contributed by atoms with Gasteiger partial charge in [0, 0.05) is 31.3 Å². The Morgan fingerprint density at radius 1 is 0.905 bits per heavy atom. The minimum Gasteiger partial charge on any atom is -0.508 e. The molecule has 0 radical (unpaired) electrons. The maximum atomic E-state index is 13.4. The maximum Gasteiger partial charge on any atom is 0.326 e. The molecular weight excluding hydrogens is 554 g/mol. The van der Waals surface area contributed by atoms with Gasteiger partial charge in [-0.05, 0) is 30.5 Å². The fraction of sp³-hybridized carbons (Fsp3) is 0.400. The molecule has 0 aliphatic rings. The van der Waals surface area contributed by atoms with Crippen molar-refractivity contribution in [2.75, 3.05) is 6.54 Å². The summed E-state index contributed by atoms with van der Waals surface area (Å²) < 4.78 is 0. The van der Waals surface area contributed by atoms with Gasteiger partial charge in [0.15, 0.2) is 5.96 Å². The van der Waals surface area contributed by atoms with Crippen molar-refractivity contribution in [2.24, 2.45) is 22.2 Å². The van der Waals surface area contributed by atoms with Gasteiger partial charge in [0.25, 0.3) is 0 Å². The highest BCUT2D eigenvalue weighted by molar-refractivity contribution is 5.95. The van der Waals surface area contributed by atoms with Gasteiger partial charge in [0.1, 0.15) is 23.9 Å². The number of aliphatic imine (C=N–C) groups is 1. The first-order valence-electron chi connectivity index (χ1n) is 12.8. The number of hydrogen-bond donors (Lipinski definition) is 10. The highest BCUT2D eigenvalue weighted by Crippen LogP contribution is 2.12.